The molecule has 1 aromatic rings. The summed E-state index contributed by atoms with van der Waals surface area (Å²) in [5.41, 5.74) is -2.71. The number of aromatic nitrogens is 2. The van der Waals surface area contributed by atoms with Gasteiger partial charge < -0.3 is 10.1 Å². The minimum absolute atomic E-state index is 0. The number of nitrogens with one attached hydrogen (secondary N) is 1. The van der Waals surface area contributed by atoms with Crippen LogP contribution in [0.3, 0.4) is 0 Å². The molecule has 1 atom stereocenters. The van der Waals surface area contributed by atoms with Crippen LogP contribution >= 0.6 is 35.6 Å². The summed E-state index contributed by atoms with van der Waals surface area (Å²) in [5.74, 6) is -0.676. The quantitative estimate of drug-likeness (QED) is 0.332. The van der Waals surface area contributed by atoms with Crippen molar-refractivity contribution >= 4 is 35.6 Å². The lowest BCUT2D eigenvalue weighted by molar-refractivity contribution is -0.146. The molecular formula is C23H22Cl3F4N3O2. The first-order valence-electron chi connectivity index (χ1n) is 10.9. The van der Waals surface area contributed by atoms with Crippen molar-refractivity contribution in [3.63, 3.8) is 0 Å². The van der Waals surface area contributed by atoms with Gasteiger partial charge in [0.2, 0.25) is 0 Å². The molecule has 12 heteroatoms. The second kappa shape index (κ2) is 9.59. The smallest absolute Gasteiger partial charge is 0.381 e. The maximum Gasteiger partial charge on any atom is 0.433 e. The first kappa shape index (κ1) is 26.3. The molecule has 0 bridgehead atoms. The van der Waals surface area contributed by atoms with E-state index in [2.05, 4.69) is 5.32 Å². The molecule has 1 aliphatic carbocycles. The van der Waals surface area contributed by atoms with Gasteiger partial charge >= 0.3 is 6.18 Å². The highest BCUT2D eigenvalue weighted by atomic mass is 35.5. The van der Waals surface area contributed by atoms with Crippen LogP contribution in [0, 0.1) is 5.82 Å². The highest BCUT2D eigenvalue weighted by Crippen LogP contribution is 2.49. The van der Waals surface area contributed by atoms with Gasteiger partial charge in [-0.1, -0.05) is 23.2 Å². The third-order valence-electron chi connectivity index (χ3n) is 6.75. The summed E-state index contributed by atoms with van der Waals surface area (Å²) in [7, 11) is 0. The molecule has 5 rings (SSSR count). The third-order valence-corrected chi connectivity index (χ3v) is 7.55. The number of nitrogens with zero attached hydrogens (tertiary/aromatic N) is 2. The molecule has 2 saturated heterocycles. The average Bonchev–Trinajstić information content (AvgIpc) is 3.40. The molecule has 1 N–H and O–H groups in total. The Balaban J connectivity index is 0.00000289. The SMILES string of the molecule is Cl.O=c1ccc2c(C(F)(F)F)n(C3CCOCC3)n([C@]3(c4c(F)ccc(Cl)c4Cl)CCNC3)c-2c1. The minimum Gasteiger partial charge on any atom is -0.381 e. The van der Waals surface area contributed by atoms with Crippen LogP contribution in [0.1, 0.15) is 36.6 Å². The van der Waals surface area contributed by atoms with Crippen molar-refractivity contribution in [1.82, 2.24) is 14.7 Å². The van der Waals surface area contributed by atoms with Crippen molar-refractivity contribution in [1.29, 1.82) is 0 Å². The van der Waals surface area contributed by atoms with E-state index in [-0.39, 0.29) is 52.2 Å². The van der Waals surface area contributed by atoms with Gasteiger partial charge in [-0.15, -0.1) is 12.4 Å². The van der Waals surface area contributed by atoms with E-state index >= 15 is 4.39 Å². The van der Waals surface area contributed by atoms with Crippen LogP contribution in [0.25, 0.3) is 11.3 Å². The Morgan fingerprint density at radius 3 is 2.46 bits per heavy atom. The van der Waals surface area contributed by atoms with Crippen LogP contribution in [0.2, 0.25) is 10.0 Å². The van der Waals surface area contributed by atoms with Gasteiger partial charge in [-0.2, -0.15) is 13.2 Å². The summed E-state index contributed by atoms with van der Waals surface area (Å²) in [6.07, 6.45) is -3.80. The summed E-state index contributed by atoms with van der Waals surface area (Å²) in [4.78, 5) is 12.4. The largest absolute Gasteiger partial charge is 0.433 e. The number of ether oxygens (including phenoxy) is 1. The van der Waals surface area contributed by atoms with E-state index in [1.807, 2.05) is 0 Å². The number of benzene rings is 2. The Hall–Kier alpha value is -1.78. The zero-order chi connectivity index (χ0) is 24.3. The van der Waals surface area contributed by atoms with E-state index in [0.717, 1.165) is 12.1 Å². The van der Waals surface area contributed by atoms with Gasteiger partial charge in [0.1, 0.15) is 17.1 Å². The molecule has 0 radical (unpaired) electrons. The molecule has 190 valence electrons. The van der Waals surface area contributed by atoms with Crippen LogP contribution < -0.4 is 10.7 Å². The fourth-order valence-corrected chi connectivity index (χ4v) is 5.84. The topological polar surface area (TPSA) is 48.2 Å². The Morgan fingerprint density at radius 1 is 1.11 bits per heavy atom. The molecule has 0 unspecified atom stereocenters. The summed E-state index contributed by atoms with van der Waals surface area (Å²) >= 11 is 12.8. The number of hydrogen-bond acceptors (Lipinski definition) is 3. The summed E-state index contributed by atoms with van der Waals surface area (Å²) < 4.78 is 67.3. The summed E-state index contributed by atoms with van der Waals surface area (Å²) in [6, 6.07) is 5.39. The molecule has 3 heterocycles. The molecule has 3 aliphatic heterocycles. The fourth-order valence-electron chi connectivity index (χ4n) is 5.35. The lowest BCUT2D eigenvalue weighted by atomic mass is 9.87. The zero-order valence-corrected chi connectivity index (χ0v) is 20.6. The second-order valence-corrected chi connectivity index (χ2v) is 9.49. The van der Waals surface area contributed by atoms with Gasteiger partial charge in [0.05, 0.1) is 21.8 Å². The van der Waals surface area contributed by atoms with Crippen molar-refractivity contribution in [3.8, 4) is 11.3 Å². The minimum atomic E-state index is -4.73. The predicted octanol–water partition coefficient (Wildman–Crippen LogP) is 5.73. The van der Waals surface area contributed by atoms with Gasteiger partial charge in [-0.3, -0.25) is 14.2 Å². The normalized spacial score (nSPS) is 21.4. The lowest BCUT2D eigenvalue weighted by Gasteiger charge is -2.39. The monoisotopic (exact) mass is 553 g/mol. The van der Waals surface area contributed by atoms with Gasteiger partial charge in [-0.05, 0) is 50.1 Å². The molecule has 1 aromatic carbocycles. The number of hydrogen-bond donors (Lipinski definition) is 1. The van der Waals surface area contributed by atoms with E-state index in [0.29, 0.717) is 32.6 Å². The van der Waals surface area contributed by atoms with Crippen molar-refractivity contribution in [3.05, 3.63) is 67.7 Å². The zero-order valence-electron chi connectivity index (χ0n) is 18.3. The molecule has 0 saturated carbocycles. The van der Waals surface area contributed by atoms with Gasteiger partial charge in [0.25, 0.3) is 0 Å². The molecule has 0 amide bonds. The van der Waals surface area contributed by atoms with Crippen molar-refractivity contribution < 1.29 is 22.3 Å². The van der Waals surface area contributed by atoms with E-state index in [1.165, 1.54) is 27.6 Å². The fraction of sp³-hybridized carbons (Fsp3) is 0.435. The van der Waals surface area contributed by atoms with E-state index in [1.54, 1.807) is 0 Å². The molecule has 5 nitrogen and oxygen atoms in total. The maximum absolute atomic E-state index is 15.4. The van der Waals surface area contributed by atoms with Crippen molar-refractivity contribution in [2.45, 2.75) is 37.0 Å². The van der Waals surface area contributed by atoms with Crippen molar-refractivity contribution in [2.75, 3.05) is 26.3 Å². The second-order valence-electron chi connectivity index (χ2n) is 8.70. The molecule has 0 aromatic heterocycles. The Labute approximate surface area is 214 Å². The van der Waals surface area contributed by atoms with Crippen molar-refractivity contribution in [2.24, 2.45) is 0 Å². The standard InChI is InChI=1S/C23H21Cl2F4N3O2.ClH/c24-16-3-4-17(26)19(20(16)25)22(7-8-30-12-22)32-18-11-14(33)1-2-15(18)21(23(27,28)29)31(32)13-5-9-34-10-6-13;/h1-4,11,13,30H,5-10,12H2;1H/t22-;/m1./s1. The number of halogens is 7. The van der Waals surface area contributed by atoms with E-state index in [4.69, 9.17) is 27.9 Å². The van der Waals surface area contributed by atoms with E-state index < -0.39 is 34.7 Å². The lowest BCUT2D eigenvalue weighted by Crippen LogP contribution is -2.44. The Morgan fingerprint density at radius 2 is 1.83 bits per heavy atom. The first-order chi connectivity index (χ1) is 16.1. The average molecular weight is 555 g/mol. The highest BCUT2D eigenvalue weighted by molar-refractivity contribution is 6.42. The van der Waals surface area contributed by atoms with Crippen LogP contribution in [-0.4, -0.2) is 35.7 Å². The van der Waals surface area contributed by atoms with Gasteiger partial charge in [-0.25, -0.2) is 4.39 Å². The molecular weight excluding hydrogens is 533 g/mol. The molecule has 0 spiro atoms. The van der Waals surface area contributed by atoms with Crippen LogP contribution in [0.15, 0.2) is 35.1 Å². The van der Waals surface area contributed by atoms with Crippen LogP contribution in [0.5, 0.6) is 0 Å². The third kappa shape index (κ3) is 4.25. The van der Waals surface area contributed by atoms with Crippen LogP contribution in [-0.2, 0) is 16.5 Å². The van der Waals surface area contributed by atoms with Crippen LogP contribution in [0.4, 0.5) is 17.6 Å². The molecule has 35 heavy (non-hydrogen) atoms. The number of rotatable bonds is 3. The molecule has 2 fully saturated rings. The molecule has 4 aliphatic rings. The first-order valence-corrected chi connectivity index (χ1v) is 11.7. The highest BCUT2D eigenvalue weighted by Gasteiger charge is 2.50. The Kier molecular flexibility index (Phi) is 7.20. The van der Waals surface area contributed by atoms with E-state index in [9.17, 15) is 18.0 Å². The van der Waals surface area contributed by atoms with Gasteiger partial charge in [0.15, 0.2) is 5.43 Å². The number of fused-ring (bicyclic) bond motifs is 1. The maximum atomic E-state index is 15.4. The summed E-state index contributed by atoms with van der Waals surface area (Å²) in [5, 5.41) is 3.19. The van der Waals surface area contributed by atoms with Gasteiger partial charge in [0, 0.05) is 37.0 Å². The summed E-state index contributed by atoms with van der Waals surface area (Å²) in [6.45, 7) is 1.10. The number of alkyl halides is 3. The predicted molar refractivity (Wildman–Crippen MR) is 128 cm³/mol. The Bertz CT molecular complexity index is 1260.